The van der Waals surface area contributed by atoms with Crippen LogP contribution in [-0.2, 0) is 6.61 Å². The Bertz CT molecular complexity index is 1310. The standard InChI is InChI=1S/C23H19Cl2N3O3/c1-2-30-22-9-14(12-26-17-6-7-19-20(11-17)28-23(29)27-19)3-8-21(22)31-13-15-4-5-16(24)10-18(15)25/h3-12H,2,13H2,1H3,(H2,27,28,29). The van der Waals surface area contributed by atoms with E-state index in [1.165, 1.54) is 0 Å². The Morgan fingerprint density at radius 3 is 2.58 bits per heavy atom. The highest BCUT2D eigenvalue weighted by Crippen LogP contribution is 2.30. The molecule has 8 heteroatoms. The van der Waals surface area contributed by atoms with E-state index >= 15 is 0 Å². The number of hydrogen-bond acceptors (Lipinski definition) is 4. The molecule has 6 nitrogen and oxygen atoms in total. The highest BCUT2D eigenvalue weighted by Gasteiger charge is 2.09. The molecule has 0 atom stereocenters. The first-order valence-corrected chi connectivity index (χ1v) is 10.4. The first kappa shape index (κ1) is 21.0. The molecule has 0 amide bonds. The summed E-state index contributed by atoms with van der Waals surface area (Å²) in [4.78, 5) is 21.3. The zero-order valence-corrected chi connectivity index (χ0v) is 18.1. The van der Waals surface area contributed by atoms with Crippen molar-refractivity contribution >= 4 is 46.1 Å². The van der Waals surface area contributed by atoms with Gasteiger partial charge in [-0.05, 0) is 61.0 Å². The van der Waals surface area contributed by atoms with Gasteiger partial charge in [0.2, 0.25) is 0 Å². The highest BCUT2D eigenvalue weighted by atomic mass is 35.5. The van der Waals surface area contributed by atoms with Gasteiger partial charge in [-0.2, -0.15) is 0 Å². The van der Waals surface area contributed by atoms with Gasteiger partial charge in [-0.3, -0.25) is 4.99 Å². The molecule has 31 heavy (non-hydrogen) atoms. The maximum Gasteiger partial charge on any atom is 0.323 e. The summed E-state index contributed by atoms with van der Waals surface area (Å²) in [5, 5.41) is 1.13. The molecule has 2 N–H and O–H groups in total. The quantitative estimate of drug-likeness (QED) is 0.340. The summed E-state index contributed by atoms with van der Waals surface area (Å²) < 4.78 is 11.7. The molecule has 3 aromatic carbocycles. The third-order valence-electron chi connectivity index (χ3n) is 4.53. The van der Waals surface area contributed by atoms with Gasteiger partial charge in [-0.1, -0.05) is 29.3 Å². The van der Waals surface area contributed by atoms with Gasteiger partial charge >= 0.3 is 5.69 Å². The monoisotopic (exact) mass is 455 g/mol. The van der Waals surface area contributed by atoms with E-state index in [0.29, 0.717) is 40.3 Å². The minimum atomic E-state index is -0.243. The number of rotatable bonds is 7. The summed E-state index contributed by atoms with van der Waals surface area (Å²) in [6, 6.07) is 16.3. The molecule has 0 fully saturated rings. The molecule has 1 heterocycles. The maximum absolute atomic E-state index is 11.4. The molecule has 0 aliphatic carbocycles. The number of halogens is 2. The lowest BCUT2D eigenvalue weighted by molar-refractivity contribution is 0.269. The number of hydrogen-bond donors (Lipinski definition) is 2. The second kappa shape index (κ2) is 9.29. The van der Waals surface area contributed by atoms with Crippen molar-refractivity contribution in [1.29, 1.82) is 0 Å². The van der Waals surface area contributed by atoms with Gasteiger partial charge < -0.3 is 19.4 Å². The number of nitrogens with zero attached hydrogens (tertiary/aromatic N) is 1. The lowest BCUT2D eigenvalue weighted by Crippen LogP contribution is -2.01. The van der Waals surface area contributed by atoms with Crippen molar-refractivity contribution in [3.8, 4) is 11.5 Å². The molecule has 0 aliphatic rings. The maximum atomic E-state index is 11.4. The average Bonchev–Trinajstić information content (AvgIpc) is 3.12. The van der Waals surface area contributed by atoms with E-state index < -0.39 is 0 Å². The van der Waals surface area contributed by atoms with Gasteiger partial charge in [0.15, 0.2) is 11.5 Å². The molecule has 1 aromatic heterocycles. The van der Waals surface area contributed by atoms with Crippen molar-refractivity contribution in [2.75, 3.05) is 6.61 Å². The van der Waals surface area contributed by atoms with Gasteiger partial charge in [-0.15, -0.1) is 0 Å². The molecular formula is C23H19Cl2N3O3. The Labute approximate surface area is 188 Å². The van der Waals surface area contributed by atoms with Crippen LogP contribution < -0.4 is 15.2 Å². The van der Waals surface area contributed by atoms with Crippen LogP contribution in [0.1, 0.15) is 18.1 Å². The first-order valence-electron chi connectivity index (χ1n) is 9.61. The molecule has 4 rings (SSSR count). The summed E-state index contributed by atoms with van der Waals surface area (Å²) in [6.07, 6.45) is 1.73. The number of ether oxygens (including phenoxy) is 2. The number of nitrogens with one attached hydrogen (secondary N) is 2. The number of aromatic amines is 2. The van der Waals surface area contributed by atoms with Crippen molar-refractivity contribution < 1.29 is 9.47 Å². The van der Waals surface area contributed by atoms with E-state index in [2.05, 4.69) is 15.0 Å². The van der Waals surface area contributed by atoms with Crippen molar-refractivity contribution in [1.82, 2.24) is 9.97 Å². The molecule has 0 saturated heterocycles. The van der Waals surface area contributed by atoms with E-state index in [-0.39, 0.29) is 5.69 Å². The van der Waals surface area contributed by atoms with Crippen LogP contribution in [0.15, 0.2) is 64.4 Å². The van der Waals surface area contributed by atoms with Crippen molar-refractivity contribution in [3.05, 3.63) is 86.3 Å². The van der Waals surface area contributed by atoms with E-state index in [1.54, 1.807) is 24.4 Å². The number of benzene rings is 3. The number of H-pyrrole nitrogens is 2. The predicted molar refractivity (Wildman–Crippen MR) is 125 cm³/mol. The summed E-state index contributed by atoms with van der Waals surface area (Å²) >= 11 is 12.2. The lowest BCUT2D eigenvalue weighted by atomic mass is 10.2. The normalized spacial score (nSPS) is 11.3. The van der Waals surface area contributed by atoms with Crippen LogP contribution in [-0.4, -0.2) is 22.8 Å². The van der Waals surface area contributed by atoms with Crippen molar-refractivity contribution in [2.24, 2.45) is 4.99 Å². The topological polar surface area (TPSA) is 79.5 Å². The molecule has 0 radical (unpaired) electrons. The molecular weight excluding hydrogens is 437 g/mol. The fourth-order valence-electron chi connectivity index (χ4n) is 3.04. The summed E-state index contributed by atoms with van der Waals surface area (Å²) in [5.41, 5.74) is 3.61. The molecule has 0 unspecified atom stereocenters. The van der Waals surface area contributed by atoms with Crippen LogP contribution in [0.25, 0.3) is 11.0 Å². The number of aliphatic imine (C=N–C) groups is 1. The Hall–Kier alpha value is -3.22. The lowest BCUT2D eigenvalue weighted by Gasteiger charge is -2.13. The zero-order valence-electron chi connectivity index (χ0n) is 16.6. The molecule has 0 aliphatic heterocycles. The second-order valence-electron chi connectivity index (χ2n) is 6.73. The van der Waals surface area contributed by atoms with Gasteiger partial charge in [-0.25, -0.2) is 4.79 Å². The predicted octanol–water partition coefficient (Wildman–Crippen LogP) is 5.89. The van der Waals surface area contributed by atoms with Gasteiger partial charge in [0.05, 0.1) is 23.3 Å². The van der Waals surface area contributed by atoms with Gasteiger partial charge in [0.25, 0.3) is 0 Å². The fraction of sp³-hybridized carbons (Fsp3) is 0.130. The van der Waals surface area contributed by atoms with Gasteiger partial charge in [0, 0.05) is 21.8 Å². The highest BCUT2D eigenvalue weighted by molar-refractivity contribution is 6.35. The van der Waals surface area contributed by atoms with Crippen molar-refractivity contribution in [2.45, 2.75) is 13.5 Å². The van der Waals surface area contributed by atoms with Crippen molar-refractivity contribution in [3.63, 3.8) is 0 Å². The molecule has 0 bridgehead atoms. The Kier molecular flexibility index (Phi) is 6.30. The van der Waals surface area contributed by atoms with Crippen LogP contribution in [0.3, 0.4) is 0 Å². The smallest absolute Gasteiger partial charge is 0.323 e. The Morgan fingerprint density at radius 2 is 1.77 bits per heavy atom. The third kappa shape index (κ3) is 5.10. The van der Waals surface area contributed by atoms with Crippen LogP contribution in [0.2, 0.25) is 10.0 Å². The summed E-state index contributed by atoms with van der Waals surface area (Å²) in [5.74, 6) is 1.22. The van der Waals surface area contributed by atoms with Crippen LogP contribution >= 0.6 is 23.2 Å². The van der Waals surface area contributed by atoms with E-state index in [9.17, 15) is 4.79 Å². The second-order valence-corrected chi connectivity index (χ2v) is 7.57. The molecule has 4 aromatic rings. The Morgan fingerprint density at radius 1 is 0.935 bits per heavy atom. The largest absolute Gasteiger partial charge is 0.490 e. The fourth-order valence-corrected chi connectivity index (χ4v) is 3.50. The molecule has 0 saturated carbocycles. The number of fused-ring (bicyclic) bond motifs is 1. The minimum Gasteiger partial charge on any atom is -0.490 e. The first-order chi connectivity index (χ1) is 15.0. The van der Waals surface area contributed by atoms with Gasteiger partial charge in [0.1, 0.15) is 6.61 Å². The number of aromatic nitrogens is 2. The summed E-state index contributed by atoms with van der Waals surface area (Å²) in [6.45, 7) is 2.70. The van der Waals surface area contributed by atoms with Crippen LogP contribution in [0, 0.1) is 0 Å². The van der Waals surface area contributed by atoms with Crippen LogP contribution in [0.4, 0.5) is 5.69 Å². The SMILES string of the molecule is CCOc1cc(C=Nc2ccc3[nH]c(=O)[nH]c3c2)ccc1OCc1ccc(Cl)cc1Cl. The van der Waals surface area contributed by atoms with E-state index in [0.717, 1.165) is 22.3 Å². The van der Waals surface area contributed by atoms with E-state index in [4.69, 9.17) is 32.7 Å². The third-order valence-corrected chi connectivity index (χ3v) is 5.12. The minimum absolute atomic E-state index is 0.243. The average molecular weight is 456 g/mol. The number of imidazole rings is 1. The summed E-state index contributed by atoms with van der Waals surface area (Å²) in [7, 11) is 0. The molecule has 0 spiro atoms. The Balaban J connectivity index is 1.52. The zero-order chi connectivity index (χ0) is 21.8. The molecule has 158 valence electrons. The van der Waals surface area contributed by atoms with E-state index in [1.807, 2.05) is 43.3 Å². The van der Waals surface area contributed by atoms with Crippen LogP contribution in [0.5, 0.6) is 11.5 Å².